The van der Waals surface area contributed by atoms with Crippen molar-refractivity contribution in [3.8, 4) is 0 Å². The predicted octanol–water partition coefficient (Wildman–Crippen LogP) is 2.29. The van der Waals surface area contributed by atoms with Crippen molar-refractivity contribution in [2.75, 3.05) is 18.5 Å². The van der Waals surface area contributed by atoms with Gasteiger partial charge in [0.25, 0.3) is 0 Å². The van der Waals surface area contributed by atoms with Crippen LogP contribution in [0.3, 0.4) is 0 Å². The van der Waals surface area contributed by atoms with Crippen LogP contribution in [0.4, 0.5) is 5.82 Å². The van der Waals surface area contributed by atoms with Gasteiger partial charge >= 0.3 is 0 Å². The van der Waals surface area contributed by atoms with E-state index in [9.17, 15) is 0 Å². The fraction of sp³-hybridized carbons (Fsp3) is 0.583. The number of hydrogen-bond acceptors (Lipinski definition) is 3. The number of pyridine rings is 1. The molecule has 1 aromatic heterocycles. The molecule has 2 heterocycles. The maximum atomic E-state index is 5.32. The molecule has 1 fully saturated rings. The van der Waals surface area contributed by atoms with Crippen LogP contribution >= 0.6 is 0 Å². The number of nitrogens with one attached hydrogen (secondary N) is 1. The Morgan fingerprint density at radius 2 is 2.00 bits per heavy atom. The van der Waals surface area contributed by atoms with Gasteiger partial charge in [-0.1, -0.05) is 0 Å². The van der Waals surface area contributed by atoms with E-state index in [2.05, 4.69) is 30.2 Å². The second-order valence-electron chi connectivity index (χ2n) is 4.18. The molecule has 1 aliphatic rings. The Morgan fingerprint density at radius 1 is 1.27 bits per heavy atom. The fourth-order valence-corrected chi connectivity index (χ4v) is 1.75. The lowest BCUT2D eigenvalue weighted by Crippen LogP contribution is -2.28. The summed E-state index contributed by atoms with van der Waals surface area (Å²) in [5.41, 5.74) is 2.53. The van der Waals surface area contributed by atoms with Gasteiger partial charge < -0.3 is 10.1 Å². The van der Waals surface area contributed by atoms with Crippen LogP contribution in [0.1, 0.15) is 24.0 Å². The highest BCUT2D eigenvalue weighted by Crippen LogP contribution is 2.15. The van der Waals surface area contributed by atoms with Gasteiger partial charge in [0, 0.05) is 25.5 Å². The van der Waals surface area contributed by atoms with Gasteiger partial charge in [0.2, 0.25) is 0 Å². The van der Waals surface area contributed by atoms with Gasteiger partial charge in [-0.2, -0.15) is 0 Å². The molecule has 0 spiro atoms. The van der Waals surface area contributed by atoms with Crippen molar-refractivity contribution < 1.29 is 4.74 Å². The quantitative estimate of drug-likeness (QED) is 0.806. The van der Waals surface area contributed by atoms with Crippen molar-refractivity contribution in [1.29, 1.82) is 0 Å². The molecule has 82 valence electrons. The van der Waals surface area contributed by atoms with E-state index in [0.717, 1.165) is 31.9 Å². The minimum Gasteiger partial charge on any atom is -0.381 e. The SMILES string of the molecule is Cc1cnc(NC2CCOCC2)cc1C. The predicted molar refractivity (Wildman–Crippen MR) is 61.2 cm³/mol. The zero-order chi connectivity index (χ0) is 10.7. The van der Waals surface area contributed by atoms with E-state index in [1.807, 2.05) is 6.20 Å². The maximum Gasteiger partial charge on any atom is 0.126 e. The van der Waals surface area contributed by atoms with Crippen LogP contribution in [-0.4, -0.2) is 24.2 Å². The molecule has 2 rings (SSSR count). The molecule has 3 heteroatoms. The summed E-state index contributed by atoms with van der Waals surface area (Å²) in [6, 6.07) is 2.64. The topological polar surface area (TPSA) is 34.2 Å². The van der Waals surface area contributed by atoms with Crippen LogP contribution in [0, 0.1) is 13.8 Å². The van der Waals surface area contributed by atoms with Gasteiger partial charge in [0.05, 0.1) is 0 Å². The lowest BCUT2D eigenvalue weighted by molar-refractivity contribution is 0.0904. The van der Waals surface area contributed by atoms with Crippen LogP contribution in [0.5, 0.6) is 0 Å². The molecule has 1 aliphatic heterocycles. The molecule has 1 aromatic rings. The molecule has 0 saturated carbocycles. The number of nitrogens with zero attached hydrogens (tertiary/aromatic N) is 1. The van der Waals surface area contributed by atoms with E-state index < -0.39 is 0 Å². The largest absolute Gasteiger partial charge is 0.381 e. The Kier molecular flexibility index (Phi) is 3.21. The number of rotatable bonds is 2. The normalized spacial score (nSPS) is 17.7. The van der Waals surface area contributed by atoms with Crippen molar-refractivity contribution in [3.63, 3.8) is 0 Å². The first-order chi connectivity index (χ1) is 7.25. The molecule has 1 saturated heterocycles. The average molecular weight is 206 g/mol. The van der Waals surface area contributed by atoms with Crippen LogP contribution < -0.4 is 5.32 Å². The van der Waals surface area contributed by atoms with Gasteiger partial charge in [-0.15, -0.1) is 0 Å². The minimum atomic E-state index is 0.522. The monoisotopic (exact) mass is 206 g/mol. The maximum absolute atomic E-state index is 5.32. The Bertz CT molecular complexity index is 332. The van der Waals surface area contributed by atoms with Gasteiger partial charge in [-0.3, -0.25) is 0 Å². The number of aromatic nitrogens is 1. The van der Waals surface area contributed by atoms with Crippen molar-refractivity contribution >= 4 is 5.82 Å². The highest BCUT2D eigenvalue weighted by molar-refractivity contribution is 5.40. The summed E-state index contributed by atoms with van der Waals surface area (Å²) < 4.78 is 5.32. The Hall–Kier alpha value is -1.09. The Balaban J connectivity index is 2.00. The van der Waals surface area contributed by atoms with E-state index >= 15 is 0 Å². The van der Waals surface area contributed by atoms with Crippen molar-refractivity contribution in [2.45, 2.75) is 32.7 Å². The first-order valence-electron chi connectivity index (χ1n) is 5.53. The first kappa shape index (κ1) is 10.4. The van der Waals surface area contributed by atoms with E-state index in [0.29, 0.717) is 6.04 Å². The summed E-state index contributed by atoms with van der Waals surface area (Å²) in [6.45, 7) is 5.93. The van der Waals surface area contributed by atoms with Gasteiger partial charge in [-0.05, 0) is 43.9 Å². The average Bonchev–Trinajstić information content (AvgIpc) is 2.25. The molecule has 1 N–H and O–H groups in total. The molecule has 0 radical (unpaired) electrons. The van der Waals surface area contributed by atoms with Crippen molar-refractivity contribution in [3.05, 3.63) is 23.4 Å². The van der Waals surface area contributed by atoms with Gasteiger partial charge in [-0.25, -0.2) is 4.98 Å². The fourth-order valence-electron chi connectivity index (χ4n) is 1.75. The van der Waals surface area contributed by atoms with Crippen LogP contribution in [0.25, 0.3) is 0 Å². The summed E-state index contributed by atoms with van der Waals surface area (Å²) in [7, 11) is 0. The summed E-state index contributed by atoms with van der Waals surface area (Å²) in [6.07, 6.45) is 4.08. The highest BCUT2D eigenvalue weighted by atomic mass is 16.5. The molecule has 0 amide bonds. The zero-order valence-electron chi connectivity index (χ0n) is 9.42. The number of ether oxygens (including phenoxy) is 1. The molecule has 3 nitrogen and oxygen atoms in total. The van der Waals surface area contributed by atoms with E-state index in [-0.39, 0.29) is 0 Å². The van der Waals surface area contributed by atoms with E-state index in [1.54, 1.807) is 0 Å². The number of aryl methyl sites for hydroxylation is 2. The standard InChI is InChI=1S/C12H18N2O/c1-9-7-12(13-8-10(9)2)14-11-3-5-15-6-4-11/h7-8,11H,3-6H2,1-2H3,(H,13,14). The molecule has 0 unspecified atom stereocenters. The third-order valence-corrected chi connectivity index (χ3v) is 2.95. The minimum absolute atomic E-state index is 0.522. The molecule has 15 heavy (non-hydrogen) atoms. The molecular weight excluding hydrogens is 188 g/mol. The molecule has 0 bridgehead atoms. The van der Waals surface area contributed by atoms with E-state index in [1.165, 1.54) is 11.1 Å². The van der Waals surface area contributed by atoms with Crippen LogP contribution in [0.15, 0.2) is 12.3 Å². The molecule has 0 atom stereocenters. The first-order valence-corrected chi connectivity index (χ1v) is 5.53. The highest BCUT2D eigenvalue weighted by Gasteiger charge is 2.13. The number of anilines is 1. The third kappa shape index (κ3) is 2.69. The second kappa shape index (κ2) is 4.62. The summed E-state index contributed by atoms with van der Waals surface area (Å²) in [4.78, 5) is 4.38. The van der Waals surface area contributed by atoms with Crippen molar-refractivity contribution in [1.82, 2.24) is 4.98 Å². The molecule has 0 aromatic carbocycles. The molecule has 0 aliphatic carbocycles. The van der Waals surface area contributed by atoms with Gasteiger partial charge in [0.1, 0.15) is 5.82 Å². The van der Waals surface area contributed by atoms with Crippen molar-refractivity contribution in [2.24, 2.45) is 0 Å². The smallest absolute Gasteiger partial charge is 0.126 e. The summed E-state index contributed by atoms with van der Waals surface area (Å²) >= 11 is 0. The van der Waals surface area contributed by atoms with Crippen LogP contribution in [-0.2, 0) is 4.74 Å². The lowest BCUT2D eigenvalue weighted by Gasteiger charge is -2.23. The Labute approximate surface area is 90.9 Å². The zero-order valence-corrected chi connectivity index (χ0v) is 9.42. The Morgan fingerprint density at radius 3 is 2.67 bits per heavy atom. The summed E-state index contributed by atoms with van der Waals surface area (Å²) in [5, 5.41) is 3.46. The lowest BCUT2D eigenvalue weighted by atomic mass is 10.1. The van der Waals surface area contributed by atoms with Crippen LogP contribution in [0.2, 0.25) is 0 Å². The molecular formula is C12H18N2O. The van der Waals surface area contributed by atoms with Gasteiger partial charge in [0.15, 0.2) is 0 Å². The third-order valence-electron chi connectivity index (χ3n) is 2.95. The van der Waals surface area contributed by atoms with E-state index in [4.69, 9.17) is 4.74 Å². The second-order valence-corrected chi connectivity index (χ2v) is 4.18. The number of hydrogen-bond donors (Lipinski definition) is 1. The summed E-state index contributed by atoms with van der Waals surface area (Å²) in [5.74, 6) is 0.991.